The number of halogens is 2. The molecule has 0 aliphatic heterocycles. The summed E-state index contributed by atoms with van der Waals surface area (Å²) in [5, 5.41) is 0.900. The summed E-state index contributed by atoms with van der Waals surface area (Å²) in [4.78, 5) is 34.1. The molecule has 0 radical (unpaired) electrons. The van der Waals surface area contributed by atoms with Crippen LogP contribution in [0.4, 0.5) is 0 Å². The molecule has 26 heavy (non-hydrogen) atoms. The number of nitrogens with zero attached hydrogens (tertiary/aromatic N) is 2. The van der Waals surface area contributed by atoms with Crippen LogP contribution < -0.4 is 5.56 Å². The predicted molar refractivity (Wildman–Crippen MR) is 107 cm³/mol. The molecule has 1 aromatic heterocycles. The molecule has 0 unspecified atom stereocenters. The summed E-state index contributed by atoms with van der Waals surface area (Å²) in [5.74, 6) is 0.212. The molecule has 0 fully saturated rings. The van der Waals surface area contributed by atoms with Crippen molar-refractivity contribution in [1.82, 2.24) is 14.9 Å². The molecule has 0 atom stereocenters. The van der Waals surface area contributed by atoms with Crippen LogP contribution in [-0.4, -0.2) is 26.8 Å². The van der Waals surface area contributed by atoms with Crippen molar-refractivity contribution in [3.05, 3.63) is 73.7 Å². The highest BCUT2D eigenvalue weighted by molar-refractivity contribution is 9.10. The number of carbonyl (C=O) groups excluding carboxylic acids is 1. The van der Waals surface area contributed by atoms with E-state index >= 15 is 0 Å². The maximum Gasteiger partial charge on any atom is 0.258 e. The summed E-state index contributed by atoms with van der Waals surface area (Å²) in [6.07, 6.45) is 0. The van der Waals surface area contributed by atoms with Gasteiger partial charge in [0, 0.05) is 10.5 Å². The van der Waals surface area contributed by atoms with E-state index in [1.165, 1.54) is 0 Å². The first-order valence-electron chi connectivity index (χ1n) is 8.11. The summed E-state index contributed by atoms with van der Waals surface area (Å²) in [6.45, 7) is 3.99. The Balaban J connectivity index is 1.98. The quantitative estimate of drug-likeness (QED) is 0.662. The fourth-order valence-electron chi connectivity index (χ4n) is 2.68. The highest BCUT2D eigenvalue weighted by atomic mass is 79.9. The van der Waals surface area contributed by atoms with E-state index in [-0.39, 0.29) is 24.1 Å². The highest BCUT2D eigenvalue weighted by Gasteiger charge is 2.22. The van der Waals surface area contributed by atoms with E-state index in [0.29, 0.717) is 27.3 Å². The smallest absolute Gasteiger partial charge is 0.258 e. The monoisotopic (exact) mass is 433 g/mol. The molecule has 0 spiro atoms. The molecule has 7 heteroatoms. The van der Waals surface area contributed by atoms with E-state index in [9.17, 15) is 9.59 Å². The summed E-state index contributed by atoms with van der Waals surface area (Å²) in [5.41, 5.74) is 0.781. The largest absolute Gasteiger partial charge is 0.329 e. The molecule has 3 aromatic rings. The Morgan fingerprint density at radius 1 is 1.27 bits per heavy atom. The third kappa shape index (κ3) is 3.81. The first-order valence-corrected chi connectivity index (χ1v) is 9.28. The van der Waals surface area contributed by atoms with Crippen molar-refractivity contribution in [2.75, 3.05) is 0 Å². The Morgan fingerprint density at radius 3 is 2.73 bits per heavy atom. The molecule has 1 heterocycles. The number of hydrogen-bond donors (Lipinski definition) is 1. The van der Waals surface area contributed by atoms with Crippen LogP contribution in [0, 0.1) is 0 Å². The zero-order chi connectivity index (χ0) is 18.8. The molecular formula is C19H17BrClN3O2. The number of nitrogens with one attached hydrogen (secondary N) is 1. The van der Waals surface area contributed by atoms with E-state index in [4.69, 9.17) is 11.6 Å². The van der Waals surface area contributed by atoms with Gasteiger partial charge in [0.2, 0.25) is 0 Å². The molecule has 1 N–H and O–H groups in total. The summed E-state index contributed by atoms with van der Waals surface area (Å²) in [6, 6.07) is 12.2. The lowest BCUT2D eigenvalue weighted by atomic mass is 10.1. The predicted octanol–water partition coefficient (Wildman–Crippen LogP) is 4.39. The molecule has 2 aromatic carbocycles. The Hall–Kier alpha value is -2.18. The van der Waals surface area contributed by atoms with Gasteiger partial charge in [0.25, 0.3) is 11.5 Å². The van der Waals surface area contributed by atoms with Crippen molar-refractivity contribution in [3.8, 4) is 0 Å². The van der Waals surface area contributed by atoms with Gasteiger partial charge in [0.05, 0.1) is 28.0 Å². The molecule has 1 amide bonds. The van der Waals surface area contributed by atoms with Crippen molar-refractivity contribution in [3.63, 3.8) is 0 Å². The maximum absolute atomic E-state index is 13.0. The van der Waals surface area contributed by atoms with E-state index in [1.54, 1.807) is 41.3 Å². The van der Waals surface area contributed by atoms with Crippen LogP contribution in [0.25, 0.3) is 10.9 Å². The average Bonchev–Trinajstić information content (AvgIpc) is 2.61. The van der Waals surface area contributed by atoms with Gasteiger partial charge in [0.15, 0.2) is 0 Å². The van der Waals surface area contributed by atoms with Crippen molar-refractivity contribution in [2.45, 2.75) is 26.4 Å². The number of para-hydroxylation sites is 1. The Bertz CT molecular complexity index is 1030. The minimum Gasteiger partial charge on any atom is -0.329 e. The van der Waals surface area contributed by atoms with E-state index in [0.717, 1.165) is 4.47 Å². The van der Waals surface area contributed by atoms with Gasteiger partial charge in [0.1, 0.15) is 5.82 Å². The first-order chi connectivity index (χ1) is 12.4. The van der Waals surface area contributed by atoms with E-state index in [2.05, 4.69) is 25.9 Å². The second-order valence-electron chi connectivity index (χ2n) is 6.18. The molecule has 134 valence electrons. The number of benzene rings is 2. The second kappa shape index (κ2) is 7.60. The van der Waals surface area contributed by atoms with Crippen LogP contribution in [0.15, 0.2) is 51.7 Å². The average molecular weight is 435 g/mol. The van der Waals surface area contributed by atoms with Gasteiger partial charge in [-0.05, 0) is 44.2 Å². The van der Waals surface area contributed by atoms with Crippen LogP contribution in [0.3, 0.4) is 0 Å². The SMILES string of the molecule is CC(C)N(Cc1nc2ccccc2c(=O)[nH]1)C(=O)c1cc(Br)ccc1Cl. The minimum absolute atomic E-state index is 0.102. The third-order valence-corrected chi connectivity index (χ3v) is 4.85. The Morgan fingerprint density at radius 2 is 2.00 bits per heavy atom. The number of aromatic nitrogens is 2. The standard InChI is InChI=1S/C19H17BrClN3O2/c1-11(2)24(19(26)14-9-12(20)7-8-15(14)21)10-17-22-16-6-4-3-5-13(16)18(25)23-17/h3-9,11H,10H2,1-2H3,(H,22,23,25). The number of fused-ring (bicyclic) bond motifs is 1. The summed E-state index contributed by atoms with van der Waals surface area (Å²) < 4.78 is 0.770. The molecule has 0 saturated carbocycles. The van der Waals surface area contributed by atoms with E-state index < -0.39 is 0 Å². The van der Waals surface area contributed by atoms with Gasteiger partial charge < -0.3 is 9.88 Å². The fraction of sp³-hybridized carbons (Fsp3) is 0.211. The third-order valence-electron chi connectivity index (χ3n) is 4.03. The van der Waals surface area contributed by atoms with Crippen LogP contribution in [0.1, 0.15) is 30.0 Å². The highest BCUT2D eigenvalue weighted by Crippen LogP contribution is 2.24. The van der Waals surface area contributed by atoms with Gasteiger partial charge in [-0.25, -0.2) is 4.98 Å². The molecule has 5 nitrogen and oxygen atoms in total. The number of carbonyl (C=O) groups is 1. The van der Waals surface area contributed by atoms with Gasteiger partial charge >= 0.3 is 0 Å². The number of aromatic amines is 1. The molecule has 0 aliphatic rings. The summed E-state index contributed by atoms with van der Waals surface area (Å²) in [7, 11) is 0. The van der Waals surface area contributed by atoms with Crippen LogP contribution in [-0.2, 0) is 6.54 Å². The molecule has 0 saturated heterocycles. The Labute approximate surface area is 164 Å². The zero-order valence-corrected chi connectivity index (χ0v) is 16.6. The minimum atomic E-state index is -0.220. The van der Waals surface area contributed by atoms with Gasteiger partial charge in [-0.1, -0.05) is 39.7 Å². The number of amides is 1. The lowest BCUT2D eigenvalue weighted by Gasteiger charge is -2.27. The van der Waals surface area contributed by atoms with E-state index in [1.807, 2.05) is 19.9 Å². The Kier molecular flexibility index (Phi) is 5.44. The second-order valence-corrected chi connectivity index (χ2v) is 7.50. The topological polar surface area (TPSA) is 66.1 Å². The van der Waals surface area contributed by atoms with Crippen molar-refractivity contribution < 1.29 is 4.79 Å². The molecule has 0 aliphatic carbocycles. The lowest BCUT2D eigenvalue weighted by Crippen LogP contribution is -2.37. The van der Waals surface area contributed by atoms with Crippen LogP contribution in [0.2, 0.25) is 5.02 Å². The fourth-order valence-corrected chi connectivity index (χ4v) is 3.24. The van der Waals surface area contributed by atoms with Gasteiger partial charge in [-0.15, -0.1) is 0 Å². The molecular weight excluding hydrogens is 418 g/mol. The van der Waals surface area contributed by atoms with Gasteiger partial charge in [-0.3, -0.25) is 9.59 Å². The summed E-state index contributed by atoms with van der Waals surface area (Å²) >= 11 is 9.57. The van der Waals surface area contributed by atoms with Crippen LogP contribution >= 0.6 is 27.5 Å². The first kappa shape index (κ1) is 18.6. The number of hydrogen-bond acceptors (Lipinski definition) is 3. The zero-order valence-electron chi connectivity index (χ0n) is 14.3. The lowest BCUT2D eigenvalue weighted by molar-refractivity contribution is 0.0685. The van der Waals surface area contributed by atoms with Crippen molar-refractivity contribution in [1.29, 1.82) is 0 Å². The normalized spacial score (nSPS) is 11.1. The van der Waals surface area contributed by atoms with Crippen molar-refractivity contribution in [2.24, 2.45) is 0 Å². The number of H-pyrrole nitrogens is 1. The van der Waals surface area contributed by atoms with Crippen LogP contribution in [0.5, 0.6) is 0 Å². The van der Waals surface area contributed by atoms with Crippen molar-refractivity contribution >= 4 is 44.3 Å². The molecule has 0 bridgehead atoms. The molecule has 3 rings (SSSR count). The maximum atomic E-state index is 13.0. The number of rotatable bonds is 4. The van der Waals surface area contributed by atoms with Gasteiger partial charge in [-0.2, -0.15) is 0 Å².